The third-order valence-corrected chi connectivity index (χ3v) is 14.9. The molecule has 0 amide bonds. The van der Waals surface area contributed by atoms with E-state index >= 15 is 0 Å². The van der Waals surface area contributed by atoms with E-state index < -0.39 is 97.9 Å². The van der Waals surface area contributed by atoms with Crippen LogP contribution in [-0.4, -0.2) is 208 Å². The van der Waals surface area contributed by atoms with Crippen molar-refractivity contribution in [1.82, 2.24) is 0 Å². The molecular formula is C39H81O27P6Rh3S6-3. The van der Waals surface area contributed by atoms with Gasteiger partial charge in [-0.2, -0.15) is 0 Å². The summed E-state index contributed by atoms with van der Waals surface area (Å²) in [4.78, 5) is 57.9. The quantitative estimate of drug-likeness (QED) is 0.0558. The third kappa shape index (κ3) is 667. The predicted molar refractivity (Wildman–Crippen MR) is 314 cm³/mol. The minimum atomic E-state index is -3.92. The fourth-order valence-corrected chi connectivity index (χ4v) is 9.78. The molecule has 81 heavy (non-hydrogen) atoms. The third-order valence-electron chi connectivity index (χ3n) is 4.52. The van der Waals surface area contributed by atoms with Crippen LogP contribution in [0.2, 0.25) is 15.0 Å². The van der Waals surface area contributed by atoms with Crippen molar-refractivity contribution >= 4 is 147 Å². The maximum atomic E-state index is 9.83. The van der Waals surface area contributed by atoms with Gasteiger partial charge in [-0.15, -0.1) is 19.3 Å². The smallest absolute Gasteiger partial charge is 0.0916 e. The van der Waals surface area contributed by atoms with Gasteiger partial charge in [-0.1, -0.05) is 44.7 Å². The van der Waals surface area contributed by atoms with Crippen LogP contribution >= 0.6 is 51.5 Å². The van der Waals surface area contributed by atoms with E-state index in [1.54, 1.807) is 0 Å². The molecule has 0 aromatic rings. The summed E-state index contributed by atoms with van der Waals surface area (Å²) in [5, 5.41) is 32.3. The second kappa shape index (κ2) is 82.1. The van der Waals surface area contributed by atoms with Crippen LogP contribution in [-0.2, 0) is 144 Å². The van der Waals surface area contributed by atoms with Crippen molar-refractivity contribution < 1.29 is 177 Å². The van der Waals surface area contributed by atoms with Gasteiger partial charge in [-0.3, -0.25) is 14.4 Å². The first kappa shape index (κ1) is 119. The molecule has 0 aliphatic rings. The van der Waals surface area contributed by atoms with Gasteiger partial charge in [0.1, 0.15) is 17.3 Å². The van der Waals surface area contributed by atoms with Crippen molar-refractivity contribution in [2.75, 3.05) is 94.5 Å². The van der Waals surface area contributed by atoms with Gasteiger partial charge in [-0.25, -0.2) is 50.5 Å². The van der Waals surface area contributed by atoms with Gasteiger partial charge in [0.2, 0.25) is 0 Å². The van der Waals surface area contributed by atoms with Crippen LogP contribution in [0, 0.1) is 36.3 Å². The Morgan fingerprint density at radius 3 is 0.481 bits per heavy atom. The molecule has 0 rings (SSSR count). The van der Waals surface area contributed by atoms with Crippen LogP contribution in [0.4, 0.5) is 0 Å². The fourth-order valence-electron chi connectivity index (χ4n) is 1.57. The SMILES string of the molecule is C#CP.C#CP.C#CP.CC(=O)CC(=O)[O-].CC(=O)CC(=O)[O-].CC(=O)CC(=O)[O-].CC[PH+](C)C[CH2][Rh+].CC[PH+](C)C[CH2][Rh+].CC[PH+](C)C[CH2][Rh+].CS(=O)(=O)[O-].CS(=O)(=O)[O-].CS(=O)(=O)[O-].CS(=O)(=O)[O-].CS(=O)(=O)[O-].CS(=O)(=O)[O-]. The van der Waals surface area contributed by atoms with Gasteiger partial charge in [0, 0.05) is 74.7 Å². The average molecular weight is 1670 g/mol. The summed E-state index contributed by atoms with van der Waals surface area (Å²) in [5.74, 6) is -5.06. The number of hydrogen-bond acceptors (Lipinski definition) is 27. The Hall–Kier alpha value is 0.0101. The number of hydrogen-bond donors (Lipinski definition) is 0. The van der Waals surface area contributed by atoms with E-state index in [1.807, 2.05) is 0 Å². The number of rotatable bonds is 15. The summed E-state index contributed by atoms with van der Waals surface area (Å²) < 4.78 is 163. The van der Waals surface area contributed by atoms with Gasteiger partial charge in [0.15, 0.2) is 0 Å². The minimum absolute atomic E-state index is 0.0926. The van der Waals surface area contributed by atoms with Crippen LogP contribution in [0.1, 0.15) is 60.8 Å². The first-order valence-electron chi connectivity index (χ1n) is 20.6. The van der Waals surface area contributed by atoms with E-state index in [2.05, 4.69) is 160 Å². The maximum Gasteiger partial charge on any atom is 0.0916 e. The normalized spacial score (nSPS) is 10.4. The maximum absolute atomic E-state index is 9.83. The van der Waals surface area contributed by atoms with Crippen molar-refractivity contribution in [2.24, 2.45) is 0 Å². The molecule has 0 fully saturated rings. The van der Waals surface area contributed by atoms with Crippen LogP contribution in [0.15, 0.2) is 0 Å². The van der Waals surface area contributed by atoms with Crippen molar-refractivity contribution in [1.29, 1.82) is 0 Å². The van der Waals surface area contributed by atoms with Crippen LogP contribution in [0.5, 0.6) is 0 Å². The van der Waals surface area contributed by atoms with Gasteiger partial charge in [0.05, 0.1) is 60.7 Å². The molecule has 0 saturated carbocycles. The summed E-state index contributed by atoms with van der Waals surface area (Å²) in [6.45, 7) is 17.6. The van der Waals surface area contributed by atoms with Gasteiger partial charge >= 0.3 is 171 Å². The molecule has 27 nitrogen and oxygen atoms in total. The topological polar surface area (TPSA) is 515 Å². The van der Waals surface area contributed by atoms with E-state index in [1.165, 1.54) is 72.8 Å². The summed E-state index contributed by atoms with van der Waals surface area (Å²) in [5.41, 5.74) is 6.50. The molecule has 0 aromatic heterocycles. The number of Topliss-reactive ketones (excluding diaryl/α,β-unsaturated/α-hetero) is 3. The molecule has 6 unspecified atom stereocenters. The van der Waals surface area contributed by atoms with Crippen molar-refractivity contribution in [2.45, 2.75) is 75.9 Å². The molecule has 42 heteroatoms. The zero-order valence-electron chi connectivity index (χ0n) is 47.4. The average Bonchev–Trinajstić information content (AvgIpc) is 3.15. The molecule has 0 bridgehead atoms. The van der Waals surface area contributed by atoms with Gasteiger partial charge in [0.25, 0.3) is 0 Å². The second-order valence-corrected chi connectivity index (χ2v) is 34.9. The predicted octanol–water partition coefficient (Wildman–Crippen LogP) is -2.08. The number of carbonyl (C=O) groups excluding carboxylic acids is 6. The molecule has 0 spiro atoms. The van der Waals surface area contributed by atoms with E-state index in [-0.39, 0.29) is 41.1 Å². The molecule has 0 aliphatic carbocycles. The van der Waals surface area contributed by atoms with Crippen LogP contribution in [0.25, 0.3) is 0 Å². The fraction of sp³-hybridized carbons (Fsp3) is 0.692. The number of carboxylic acids is 3. The first-order chi connectivity index (χ1) is 35.5. The van der Waals surface area contributed by atoms with Crippen molar-refractivity contribution in [3.63, 3.8) is 0 Å². The largest absolute Gasteiger partial charge is 0.748 e. The Bertz CT molecular complexity index is 1930. The van der Waals surface area contributed by atoms with Crippen LogP contribution < -0.4 is 15.3 Å². The second-order valence-electron chi connectivity index (χ2n) is 13.7. The molecule has 0 saturated heterocycles. The summed E-state index contributed by atoms with van der Waals surface area (Å²) in [7, 11) is -16.9. The number of aliphatic carboxylic acids is 3. The van der Waals surface area contributed by atoms with Gasteiger partial charge in [-0.05, 0) is 20.8 Å². The summed E-state index contributed by atoms with van der Waals surface area (Å²) >= 11 is 8.82. The van der Waals surface area contributed by atoms with Crippen LogP contribution in [0.3, 0.4) is 0 Å². The Morgan fingerprint density at radius 2 is 0.469 bits per heavy atom. The monoisotopic (exact) mass is 1670 g/mol. The molecule has 0 radical (unpaired) electrons. The molecule has 0 N–H and O–H groups in total. The van der Waals surface area contributed by atoms with E-state index in [4.69, 9.17) is 77.8 Å². The van der Waals surface area contributed by atoms with Gasteiger partial charge < -0.3 is 57.0 Å². The molecule has 6 atom stereocenters. The zero-order valence-corrected chi connectivity index (χ0v) is 63.7. The van der Waals surface area contributed by atoms with Crippen molar-refractivity contribution in [3.8, 4) is 36.3 Å². The Balaban J connectivity index is -0.0000000446. The number of carboxylic acid groups (broad SMARTS) is 3. The molecule has 0 aromatic carbocycles. The Labute approximate surface area is 526 Å². The zero-order chi connectivity index (χ0) is 69.8. The summed E-state index contributed by atoms with van der Waals surface area (Å²) in [6.07, 6.45) is 24.5. The molecule has 495 valence electrons. The van der Waals surface area contributed by atoms with E-state index in [0.29, 0.717) is 37.5 Å². The van der Waals surface area contributed by atoms with E-state index in [0.717, 1.165) is 0 Å². The number of terminal acetylenes is 3. The Morgan fingerprint density at radius 1 is 0.383 bits per heavy atom. The minimum Gasteiger partial charge on any atom is -0.748 e. The number of carbonyl (C=O) groups is 6. The molecule has 0 heterocycles. The number of ketones is 3. The first-order valence-corrected chi connectivity index (χ1v) is 43.9. The summed E-state index contributed by atoms with van der Waals surface area (Å²) in [6, 6.07) is 0. The van der Waals surface area contributed by atoms with E-state index in [9.17, 15) is 44.1 Å². The van der Waals surface area contributed by atoms with Crippen molar-refractivity contribution in [3.05, 3.63) is 0 Å². The molecule has 0 aliphatic heterocycles. The molecular weight excluding hydrogens is 1590 g/mol. The Kier molecular flexibility index (Phi) is 121. The standard InChI is InChI=1S/3C5H12P.3C4H6O3.3C2H3P.6CH4O3S.3Rh/c3*1-4-6(3)5-2;3*1-3(5)2-4(6)7;3*1-2-3;6*1-5(2,3)4;;;/h3*1,4-5H2,2-3H3;3*2H2,1H3,(H,6,7);3*1H,3H2;6*1H3,(H,2,3,4);;;/q;;;;;;;;;;;;;;;3*+1/p-6.